The molecule has 140 valence electrons. The number of sulfonamides is 1. The number of ether oxygens (including phenoxy) is 2. The average molecular weight is 375 g/mol. The Hall–Kier alpha value is -2.05. The van der Waals surface area contributed by atoms with Crippen LogP contribution >= 0.6 is 0 Å². The van der Waals surface area contributed by atoms with Gasteiger partial charge in [0.2, 0.25) is 10.0 Å². The van der Waals surface area contributed by atoms with Crippen molar-refractivity contribution in [3.8, 4) is 11.5 Å². The fourth-order valence-electron chi connectivity index (χ4n) is 3.28. The first-order chi connectivity index (χ1) is 12.4. The van der Waals surface area contributed by atoms with Gasteiger partial charge in [-0.05, 0) is 62.1 Å². The van der Waals surface area contributed by atoms with Crippen LogP contribution in [0.5, 0.6) is 11.5 Å². The van der Waals surface area contributed by atoms with Gasteiger partial charge in [-0.2, -0.15) is 4.31 Å². The Labute approximate surface area is 155 Å². The van der Waals surface area contributed by atoms with Crippen molar-refractivity contribution < 1.29 is 17.9 Å². The smallest absolute Gasteiger partial charge is 0.243 e. The van der Waals surface area contributed by atoms with E-state index in [2.05, 4.69) is 0 Å². The Kier molecular flexibility index (Phi) is 5.53. The first-order valence-electron chi connectivity index (χ1n) is 8.79. The lowest BCUT2D eigenvalue weighted by molar-refractivity contribution is 0.135. The standard InChI is InChI=1S/C20H25NO4S/c1-15-14-20(16(2)13-19(15)24-3)26(22,23)21-11-9-18(10-12-21)25-17-7-5-4-6-8-17/h4-8,13-14,18H,9-12H2,1-3H3. The van der Waals surface area contributed by atoms with Crippen LogP contribution in [0, 0.1) is 13.8 Å². The maximum Gasteiger partial charge on any atom is 0.243 e. The van der Waals surface area contributed by atoms with Crippen molar-refractivity contribution in [1.82, 2.24) is 4.31 Å². The largest absolute Gasteiger partial charge is 0.496 e. The van der Waals surface area contributed by atoms with E-state index in [1.807, 2.05) is 37.3 Å². The van der Waals surface area contributed by atoms with Crippen LogP contribution in [0.2, 0.25) is 0 Å². The van der Waals surface area contributed by atoms with Crippen LogP contribution in [0.3, 0.4) is 0 Å². The molecule has 1 saturated heterocycles. The highest BCUT2D eigenvalue weighted by molar-refractivity contribution is 7.89. The highest BCUT2D eigenvalue weighted by Crippen LogP contribution is 2.29. The molecule has 0 amide bonds. The van der Waals surface area contributed by atoms with Crippen molar-refractivity contribution in [2.24, 2.45) is 0 Å². The van der Waals surface area contributed by atoms with Gasteiger partial charge in [0.1, 0.15) is 17.6 Å². The topological polar surface area (TPSA) is 55.8 Å². The molecule has 5 nitrogen and oxygen atoms in total. The number of benzene rings is 2. The van der Waals surface area contributed by atoms with Crippen LogP contribution < -0.4 is 9.47 Å². The van der Waals surface area contributed by atoms with Crippen molar-refractivity contribution in [3.63, 3.8) is 0 Å². The maximum atomic E-state index is 13.1. The van der Waals surface area contributed by atoms with Gasteiger partial charge >= 0.3 is 0 Å². The summed E-state index contributed by atoms with van der Waals surface area (Å²) in [6.45, 7) is 4.59. The lowest BCUT2D eigenvalue weighted by Crippen LogP contribution is -2.41. The van der Waals surface area contributed by atoms with Crippen LogP contribution in [-0.2, 0) is 10.0 Å². The molecule has 2 aromatic carbocycles. The molecular formula is C20H25NO4S. The van der Waals surface area contributed by atoms with E-state index in [1.165, 1.54) is 0 Å². The number of piperidine rings is 1. The van der Waals surface area contributed by atoms with Gasteiger partial charge in [-0.1, -0.05) is 18.2 Å². The van der Waals surface area contributed by atoms with Crippen LogP contribution in [0.4, 0.5) is 0 Å². The minimum Gasteiger partial charge on any atom is -0.496 e. The van der Waals surface area contributed by atoms with E-state index in [0.29, 0.717) is 42.1 Å². The van der Waals surface area contributed by atoms with Crippen molar-refractivity contribution in [2.45, 2.75) is 37.7 Å². The average Bonchev–Trinajstić information content (AvgIpc) is 2.64. The van der Waals surface area contributed by atoms with E-state index in [0.717, 1.165) is 11.3 Å². The molecule has 6 heteroatoms. The molecule has 1 heterocycles. The lowest BCUT2D eigenvalue weighted by Gasteiger charge is -2.32. The Morgan fingerprint density at radius 1 is 1.00 bits per heavy atom. The molecule has 0 atom stereocenters. The summed E-state index contributed by atoms with van der Waals surface area (Å²) in [5.41, 5.74) is 1.52. The van der Waals surface area contributed by atoms with Gasteiger partial charge in [0, 0.05) is 13.1 Å². The van der Waals surface area contributed by atoms with Gasteiger partial charge < -0.3 is 9.47 Å². The first-order valence-corrected chi connectivity index (χ1v) is 10.2. The maximum absolute atomic E-state index is 13.1. The summed E-state index contributed by atoms with van der Waals surface area (Å²) < 4.78 is 38.9. The van der Waals surface area contributed by atoms with Gasteiger partial charge in [-0.15, -0.1) is 0 Å². The monoisotopic (exact) mass is 375 g/mol. The molecule has 0 aliphatic carbocycles. The fraction of sp³-hybridized carbons (Fsp3) is 0.400. The molecule has 0 N–H and O–H groups in total. The van der Waals surface area contributed by atoms with E-state index in [1.54, 1.807) is 30.5 Å². The lowest BCUT2D eigenvalue weighted by atomic mass is 10.1. The third-order valence-electron chi connectivity index (χ3n) is 4.76. The van der Waals surface area contributed by atoms with E-state index in [-0.39, 0.29) is 6.10 Å². The van der Waals surface area contributed by atoms with Gasteiger partial charge in [0.15, 0.2) is 0 Å². The van der Waals surface area contributed by atoms with Crippen LogP contribution in [0.25, 0.3) is 0 Å². The molecule has 0 saturated carbocycles. The zero-order valence-corrected chi connectivity index (χ0v) is 16.3. The minimum absolute atomic E-state index is 0.0440. The molecule has 0 spiro atoms. The Bertz CT molecular complexity index is 857. The molecule has 1 aliphatic rings. The van der Waals surface area contributed by atoms with Crippen molar-refractivity contribution in [1.29, 1.82) is 0 Å². The molecule has 0 unspecified atom stereocenters. The van der Waals surface area contributed by atoms with Crippen molar-refractivity contribution >= 4 is 10.0 Å². The van der Waals surface area contributed by atoms with E-state index in [9.17, 15) is 8.42 Å². The summed E-state index contributed by atoms with van der Waals surface area (Å²) >= 11 is 0. The van der Waals surface area contributed by atoms with E-state index < -0.39 is 10.0 Å². The minimum atomic E-state index is -3.51. The van der Waals surface area contributed by atoms with Gasteiger partial charge in [-0.3, -0.25) is 0 Å². The number of nitrogens with zero attached hydrogens (tertiary/aromatic N) is 1. The van der Waals surface area contributed by atoms with Crippen LogP contribution in [0.15, 0.2) is 47.4 Å². The summed E-state index contributed by atoms with van der Waals surface area (Å²) in [6, 6.07) is 13.2. The van der Waals surface area contributed by atoms with Crippen LogP contribution in [0.1, 0.15) is 24.0 Å². The number of para-hydroxylation sites is 1. The second kappa shape index (κ2) is 7.68. The molecule has 0 bridgehead atoms. The van der Waals surface area contributed by atoms with Gasteiger partial charge in [-0.25, -0.2) is 8.42 Å². The number of rotatable bonds is 5. The van der Waals surface area contributed by atoms with E-state index >= 15 is 0 Å². The normalized spacial score (nSPS) is 16.4. The van der Waals surface area contributed by atoms with Crippen LogP contribution in [-0.4, -0.2) is 39.0 Å². The second-order valence-corrected chi connectivity index (χ2v) is 8.53. The first kappa shape index (κ1) is 18.7. The molecule has 2 aromatic rings. The summed E-state index contributed by atoms with van der Waals surface area (Å²) in [7, 11) is -1.92. The Balaban J connectivity index is 1.71. The Morgan fingerprint density at radius 2 is 1.65 bits per heavy atom. The summed E-state index contributed by atoms with van der Waals surface area (Å²) in [5.74, 6) is 1.53. The third kappa shape index (κ3) is 3.86. The predicted octanol–water partition coefficient (Wildman–Crippen LogP) is 3.54. The molecule has 0 radical (unpaired) electrons. The number of hydrogen-bond donors (Lipinski definition) is 0. The Morgan fingerprint density at radius 3 is 2.27 bits per heavy atom. The molecule has 0 aromatic heterocycles. The van der Waals surface area contributed by atoms with Crippen molar-refractivity contribution in [3.05, 3.63) is 53.6 Å². The fourth-order valence-corrected chi connectivity index (χ4v) is 5.04. The zero-order valence-electron chi connectivity index (χ0n) is 15.4. The molecule has 26 heavy (non-hydrogen) atoms. The molecular weight excluding hydrogens is 350 g/mol. The zero-order chi connectivity index (χ0) is 18.7. The number of aryl methyl sites for hydroxylation is 2. The SMILES string of the molecule is COc1cc(C)c(S(=O)(=O)N2CCC(Oc3ccccc3)CC2)cc1C. The summed E-state index contributed by atoms with van der Waals surface area (Å²) in [4.78, 5) is 0.359. The molecule has 1 aliphatic heterocycles. The number of hydrogen-bond acceptors (Lipinski definition) is 4. The molecule has 1 fully saturated rings. The quantitative estimate of drug-likeness (QED) is 0.802. The molecule has 3 rings (SSSR count). The summed E-state index contributed by atoms with van der Waals surface area (Å²) in [6.07, 6.45) is 1.41. The predicted molar refractivity (Wildman–Crippen MR) is 101 cm³/mol. The highest BCUT2D eigenvalue weighted by atomic mass is 32.2. The van der Waals surface area contributed by atoms with Crippen molar-refractivity contribution in [2.75, 3.05) is 20.2 Å². The second-order valence-electron chi connectivity index (χ2n) is 6.62. The number of methoxy groups -OCH3 is 1. The van der Waals surface area contributed by atoms with Gasteiger partial charge in [0.25, 0.3) is 0 Å². The van der Waals surface area contributed by atoms with E-state index in [4.69, 9.17) is 9.47 Å². The van der Waals surface area contributed by atoms with Gasteiger partial charge in [0.05, 0.1) is 12.0 Å². The highest BCUT2D eigenvalue weighted by Gasteiger charge is 2.31. The third-order valence-corrected chi connectivity index (χ3v) is 6.80. The summed E-state index contributed by atoms with van der Waals surface area (Å²) in [5, 5.41) is 0.